The number of nitrogens with zero attached hydrogens (tertiary/aromatic N) is 4. The number of aryl methyl sites for hydroxylation is 1. The number of allylic oxidation sites excluding steroid dienone is 1. The number of aliphatic hydroxyl groups is 1. The number of amides is 1. The van der Waals surface area contributed by atoms with Gasteiger partial charge in [-0.1, -0.05) is 44.2 Å². The molecule has 31 heavy (non-hydrogen) atoms. The monoisotopic (exact) mass is 427 g/mol. The van der Waals surface area contributed by atoms with Crippen LogP contribution >= 0.6 is 0 Å². The Morgan fingerprint density at radius 1 is 1.19 bits per heavy atom. The van der Waals surface area contributed by atoms with Crippen LogP contribution in [0.15, 0.2) is 49.3 Å². The Morgan fingerprint density at radius 3 is 2.23 bits per heavy atom. The molecule has 7 nitrogen and oxygen atoms in total. The molecule has 0 spiro atoms. The molecule has 7 heteroatoms. The van der Waals surface area contributed by atoms with E-state index in [1.165, 1.54) is 23.5 Å². The van der Waals surface area contributed by atoms with Crippen LogP contribution in [0, 0.1) is 6.92 Å². The SMILES string of the molecule is C=CC.CC.Cc1ccccc1CC(CO)N1CCN(c2ncc(C(N)=O)cn2)CC1. The van der Waals surface area contributed by atoms with Crippen molar-refractivity contribution in [2.75, 3.05) is 37.7 Å². The summed E-state index contributed by atoms with van der Waals surface area (Å²) < 4.78 is 0. The van der Waals surface area contributed by atoms with Crippen molar-refractivity contribution in [3.63, 3.8) is 0 Å². The van der Waals surface area contributed by atoms with Crippen LogP contribution in [-0.2, 0) is 6.42 Å². The van der Waals surface area contributed by atoms with Gasteiger partial charge in [0.05, 0.1) is 12.2 Å². The van der Waals surface area contributed by atoms with E-state index in [0.29, 0.717) is 11.5 Å². The van der Waals surface area contributed by atoms with Crippen molar-refractivity contribution in [2.24, 2.45) is 5.73 Å². The minimum Gasteiger partial charge on any atom is -0.395 e. The summed E-state index contributed by atoms with van der Waals surface area (Å²) in [6.07, 6.45) is 5.52. The van der Waals surface area contributed by atoms with Crippen LogP contribution in [0.1, 0.15) is 42.3 Å². The van der Waals surface area contributed by atoms with Crippen LogP contribution in [0.3, 0.4) is 0 Å². The van der Waals surface area contributed by atoms with Gasteiger partial charge in [0.1, 0.15) is 0 Å². The lowest BCUT2D eigenvalue weighted by Gasteiger charge is -2.38. The Bertz CT molecular complexity index is 787. The first-order chi connectivity index (χ1) is 15.0. The summed E-state index contributed by atoms with van der Waals surface area (Å²) in [7, 11) is 0. The molecule has 1 saturated heterocycles. The van der Waals surface area contributed by atoms with Gasteiger partial charge in [0.2, 0.25) is 5.95 Å². The largest absolute Gasteiger partial charge is 0.395 e. The molecular formula is C24H37N5O2. The van der Waals surface area contributed by atoms with Crippen LogP contribution in [0.4, 0.5) is 5.95 Å². The fourth-order valence-electron chi connectivity index (χ4n) is 3.30. The number of hydrogen-bond acceptors (Lipinski definition) is 6. The molecule has 1 fully saturated rings. The topological polar surface area (TPSA) is 95.6 Å². The second kappa shape index (κ2) is 14.3. The summed E-state index contributed by atoms with van der Waals surface area (Å²) in [5.41, 5.74) is 8.07. The summed E-state index contributed by atoms with van der Waals surface area (Å²) in [6, 6.07) is 8.42. The summed E-state index contributed by atoms with van der Waals surface area (Å²) >= 11 is 0. The van der Waals surface area contributed by atoms with E-state index in [-0.39, 0.29) is 12.6 Å². The van der Waals surface area contributed by atoms with Crippen LogP contribution in [-0.4, -0.2) is 64.7 Å². The van der Waals surface area contributed by atoms with Crippen molar-refractivity contribution in [1.29, 1.82) is 0 Å². The minimum absolute atomic E-state index is 0.108. The van der Waals surface area contributed by atoms with Crippen molar-refractivity contribution in [3.8, 4) is 0 Å². The highest BCUT2D eigenvalue weighted by atomic mass is 16.3. The molecule has 3 rings (SSSR count). The minimum atomic E-state index is -0.525. The van der Waals surface area contributed by atoms with E-state index in [1.807, 2.05) is 32.9 Å². The predicted octanol–water partition coefficient (Wildman–Crippen LogP) is 2.83. The highest BCUT2D eigenvalue weighted by molar-refractivity contribution is 5.92. The number of anilines is 1. The van der Waals surface area contributed by atoms with Crippen LogP contribution < -0.4 is 10.6 Å². The fourth-order valence-corrected chi connectivity index (χ4v) is 3.30. The molecule has 1 amide bonds. The summed E-state index contributed by atoms with van der Waals surface area (Å²) in [5, 5.41) is 9.87. The standard InChI is InChI=1S/C19H25N5O2.C3H6.C2H6/c1-14-4-2-3-5-15(14)10-17(13-25)23-6-8-24(9-7-23)19-21-11-16(12-22-19)18(20)26;1-3-2;1-2/h2-5,11-12,17,25H,6-10,13H2,1H3,(H2,20,26);3H,1H2,2H3;1-2H3. The molecule has 170 valence electrons. The zero-order valence-electron chi connectivity index (χ0n) is 19.3. The van der Waals surface area contributed by atoms with E-state index in [9.17, 15) is 9.90 Å². The molecule has 1 aliphatic rings. The molecule has 0 radical (unpaired) electrons. The van der Waals surface area contributed by atoms with Crippen LogP contribution in [0.2, 0.25) is 0 Å². The number of carbonyl (C=O) groups excluding carboxylic acids is 1. The van der Waals surface area contributed by atoms with E-state index in [1.54, 1.807) is 6.08 Å². The van der Waals surface area contributed by atoms with E-state index in [0.717, 1.165) is 32.6 Å². The van der Waals surface area contributed by atoms with E-state index < -0.39 is 5.91 Å². The van der Waals surface area contributed by atoms with Gasteiger partial charge in [0.25, 0.3) is 5.91 Å². The van der Waals surface area contributed by atoms with Gasteiger partial charge in [-0.2, -0.15) is 0 Å². The Labute approximate surface area is 186 Å². The van der Waals surface area contributed by atoms with Crippen molar-refractivity contribution in [1.82, 2.24) is 14.9 Å². The number of rotatable bonds is 6. The maximum Gasteiger partial charge on any atom is 0.251 e. The molecule has 0 saturated carbocycles. The number of benzene rings is 1. The fraction of sp³-hybridized carbons (Fsp3) is 0.458. The summed E-state index contributed by atoms with van der Waals surface area (Å²) in [5.74, 6) is 0.0810. The molecule has 2 aromatic rings. The van der Waals surface area contributed by atoms with Crippen LogP contribution in [0.5, 0.6) is 0 Å². The quantitative estimate of drug-likeness (QED) is 0.689. The zero-order valence-corrected chi connectivity index (χ0v) is 19.3. The van der Waals surface area contributed by atoms with Gasteiger partial charge in [-0.05, 0) is 31.4 Å². The van der Waals surface area contributed by atoms with Gasteiger partial charge in [0.15, 0.2) is 0 Å². The second-order valence-electron chi connectivity index (χ2n) is 7.03. The van der Waals surface area contributed by atoms with Crippen molar-refractivity contribution < 1.29 is 9.90 Å². The molecule has 1 aromatic carbocycles. The number of aliphatic hydroxyl groups excluding tert-OH is 1. The molecule has 0 bridgehead atoms. The lowest BCUT2D eigenvalue weighted by molar-refractivity contribution is 0.0999. The highest BCUT2D eigenvalue weighted by Gasteiger charge is 2.25. The Balaban J connectivity index is 0.000000884. The lowest BCUT2D eigenvalue weighted by Crippen LogP contribution is -2.52. The Morgan fingerprint density at radius 2 is 1.74 bits per heavy atom. The molecule has 1 aromatic heterocycles. The van der Waals surface area contributed by atoms with Crippen LogP contribution in [0.25, 0.3) is 0 Å². The number of carbonyl (C=O) groups is 1. The molecule has 2 heterocycles. The third-order valence-electron chi connectivity index (χ3n) is 4.96. The average molecular weight is 428 g/mol. The maximum absolute atomic E-state index is 11.1. The lowest BCUT2D eigenvalue weighted by atomic mass is 10.00. The molecular weight excluding hydrogens is 390 g/mol. The smallest absolute Gasteiger partial charge is 0.251 e. The molecule has 3 N–H and O–H groups in total. The first kappa shape index (κ1) is 26.3. The normalized spacial score (nSPS) is 14.4. The molecule has 0 aliphatic carbocycles. The zero-order chi connectivity index (χ0) is 23.2. The number of piperazine rings is 1. The summed E-state index contributed by atoms with van der Waals surface area (Å²) in [4.78, 5) is 24.0. The Kier molecular flexibility index (Phi) is 12.1. The second-order valence-corrected chi connectivity index (χ2v) is 7.03. The Hall–Kier alpha value is -2.77. The molecule has 1 unspecified atom stereocenters. The van der Waals surface area contributed by atoms with Gasteiger partial charge in [-0.25, -0.2) is 9.97 Å². The van der Waals surface area contributed by atoms with E-state index in [2.05, 4.69) is 45.4 Å². The first-order valence-electron chi connectivity index (χ1n) is 10.8. The maximum atomic E-state index is 11.1. The third-order valence-corrected chi connectivity index (χ3v) is 4.96. The van der Waals surface area contributed by atoms with Gasteiger partial charge in [-0.3, -0.25) is 9.69 Å². The highest BCUT2D eigenvalue weighted by Crippen LogP contribution is 2.17. The van der Waals surface area contributed by atoms with Gasteiger partial charge in [0, 0.05) is 44.6 Å². The van der Waals surface area contributed by atoms with E-state index >= 15 is 0 Å². The van der Waals surface area contributed by atoms with Gasteiger partial charge in [-0.15, -0.1) is 6.58 Å². The number of nitrogens with two attached hydrogens (primary N) is 1. The molecule has 1 aliphatic heterocycles. The number of aromatic nitrogens is 2. The summed E-state index contributed by atoms with van der Waals surface area (Å²) in [6.45, 7) is 14.7. The van der Waals surface area contributed by atoms with Gasteiger partial charge < -0.3 is 15.7 Å². The van der Waals surface area contributed by atoms with Crippen molar-refractivity contribution in [2.45, 2.75) is 40.2 Å². The van der Waals surface area contributed by atoms with Gasteiger partial charge >= 0.3 is 0 Å². The number of hydrogen-bond donors (Lipinski definition) is 2. The predicted molar refractivity (Wildman–Crippen MR) is 127 cm³/mol. The first-order valence-corrected chi connectivity index (χ1v) is 10.8. The molecule has 1 atom stereocenters. The van der Waals surface area contributed by atoms with E-state index in [4.69, 9.17) is 5.73 Å². The van der Waals surface area contributed by atoms with Crippen molar-refractivity contribution in [3.05, 3.63) is 66.0 Å². The average Bonchev–Trinajstić information content (AvgIpc) is 2.81. The number of primary amides is 1. The van der Waals surface area contributed by atoms with Crippen molar-refractivity contribution >= 4 is 11.9 Å². The third kappa shape index (κ3) is 8.11.